The first-order valence-electron chi connectivity index (χ1n) is 6.11. The number of fused-ring (bicyclic) bond motifs is 1. The molecule has 0 atom stereocenters. The predicted octanol–water partition coefficient (Wildman–Crippen LogP) is 2.98. The number of hydrogen-bond donors (Lipinski definition) is 1. The van der Waals surface area contributed by atoms with Crippen molar-refractivity contribution in [2.45, 2.75) is 12.2 Å². The Morgan fingerprint density at radius 3 is 2.47 bits per heavy atom. The first-order valence-corrected chi connectivity index (χ1v) is 6.49. The van der Waals surface area contributed by atoms with Crippen molar-refractivity contribution in [3.05, 3.63) is 47.0 Å². The Bertz CT molecular complexity index is 559. The lowest BCUT2D eigenvalue weighted by molar-refractivity contribution is -0.197. The third kappa shape index (κ3) is 2.90. The van der Waals surface area contributed by atoms with Crippen molar-refractivity contribution in [3.63, 3.8) is 0 Å². The minimum atomic E-state index is -0.812. The Hall–Kier alpha value is -1.13. The van der Waals surface area contributed by atoms with Crippen molar-refractivity contribution in [1.82, 2.24) is 0 Å². The molecule has 0 saturated carbocycles. The highest BCUT2D eigenvalue weighted by Gasteiger charge is 2.29. The number of halogens is 1. The van der Waals surface area contributed by atoms with Gasteiger partial charge in [0.1, 0.15) is 0 Å². The highest BCUT2D eigenvalue weighted by molar-refractivity contribution is 6.31. The van der Waals surface area contributed by atoms with E-state index in [4.69, 9.17) is 26.8 Å². The lowest BCUT2D eigenvalue weighted by atomic mass is 9.98. The Kier molecular flexibility index (Phi) is 4.42. The van der Waals surface area contributed by atoms with Crippen molar-refractivity contribution < 1.29 is 9.47 Å². The summed E-state index contributed by atoms with van der Waals surface area (Å²) < 4.78 is 10.9. The quantitative estimate of drug-likeness (QED) is 0.856. The maximum absolute atomic E-state index is 6.17. The summed E-state index contributed by atoms with van der Waals surface area (Å²) in [6, 6.07) is 12.0. The molecule has 2 aromatic rings. The number of nitrogens with two attached hydrogens (primary N) is 1. The number of rotatable bonds is 5. The summed E-state index contributed by atoms with van der Waals surface area (Å²) in [4.78, 5) is 0. The lowest BCUT2D eigenvalue weighted by Crippen LogP contribution is -2.43. The molecule has 0 aromatic heterocycles. The summed E-state index contributed by atoms with van der Waals surface area (Å²) in [6.45, 7) is 0.279. The van der Waals surface area contributed by atoms with Crippen LogP contribution in [0.5, 0.6) is 0 Å². The molecular formula is C15H18ClNO2. The van der Waals surface area contributed by atoms with Gasteiger partial charge in [0.2, 0.25) is 0 Å². The normalized spacial score (nSPS) is 12.0. The zero-order valence-electron chi connectivity index (χ0n) is 11.2. The standard InChI is InChI=1S/C15H18ClNO2/c1-18-15(10-17,19-2)9-12-8-13(16)7-11-5-3-4-6-14(11)12/h3-8H,9-10,17H2,1-2H3. The molecule has 2 rings (SSSR count). The van der Waals surface area contributed by atoms with Gasteiger partial charge in [-0.3, -0.25) is 0 Å². The molecule has 0 heterocycles. The van der Waals surface area contributed by atoms with E-state index in [2.05, 4.69) is 6.07 Å². The fourth-order valence-corrected chi connectivity index (χ4v) is 2.50. The fourth-order valence-electron chi connectivity index (χ4n) is 2.25. The average Bonchev–Trinajstić information content (AvgIpc) is 2.44. The summed E-state index contributed by atoms with van der Waals surface area (Å²) in [5.41, 5.74) is 6.84. The van der Waals surface area contributed by atoms with Crippen LogP contribution in [0.15, 0.2) is 36.4 Å². The molecule has 19 heavy (non-hydrogen) atoms. The first kappa shape index (κ1) is 14.3. The number of methoxy groups -OCH3 is 2. The number of benzene rings is 2. The molecule has 2 aromatic carbocycles. The van der Waals surface area contributed by atoms with E-state index < -0.39 is 5.79 Å². The van der Waals surface area contributed by atoms with Gasteiger partial charge >= 0.3 is 0 Å². The topological polar surface area (TPSA) is 44.5 Å². The Labute approximate surface area is 118 Å². The van der Waals surface area contributed by atoms with E-state index >= 15 is 0 Å². The Morgan fingerprint density at radius 2 is 1.84 bits per heavy atom. The molecule has 0 aliphatic rings. The SMILES string of the molecule is COC(CN)(Cc1cc(Cl)cc2ccccc12)OC. The summed E-state index contributed by atoms with van der Waals surface area (Å²) in [5, 5.41) is 2.94. The van der Waals surface area contributed by atoms with Gasteiger partial charge in [-0.2, -0.15) is 0 Å². The van der Waals surface area contributed by atoms with Gasteiger partial charge in [-0.1, -0.05) is 35.9 Å². The van der Waals surface area contributed by atoms with Crippen LogP contribution in [0.25, 0.3) is 10.8 Å². The monoisotopic (exact) mass is 279 g/mol. The molecule has 0 bridgehead atoms. The first-order chi connectivity index (χ1) is 9.14. The second-order valence-corrected chi connectivity index (χ2v) is 4.92. The van der Waals surface area contributed by atoms with Crippen molar-refractivity contribution in [3.8, 4) is 0 Å². The minimum Gasteiger partial charge on any atom is -0.352 e. The number of ether oxygens (including phenoxy) is 2. The number of hydrogen-bond acceptors (Lipinski definition) is 3. The van der Waals surface area contributed by atoms with Crippen LogP contribution in [0.2, 0.25) is 5.02 Å². The molecule has 0 aliphatic carbocycles. The van der Waals surface area contributed by atoms with Crippen LogP contribution in [0.4, 0.5) is 0 Å². The van der Waals surface area contributed by atoms with Crippen molar-refractivity contribution in [1.29, 1.82) is 0 Å². The van der Waals surface area contributed by atoms with Crippen LogP contribution in [-0.2, 0) is 15.9 Å². The van der Waals surface area contributed by atoms with Crippen LogP contribution in [0.1, 0.15) is 5.56 Å². The van der Waals surface area contributed by atoms with Gasteiger partial charge in [0.25, 0.3) is 0 Å². The molecule has 0 unspecified atom stereocenters. The van der Waals surface area contributed by atoms with Crippen LogP contribution >= 0.6 is 11.6 Å². The van der Waals surface area contributed by atoms with Crippen LogP contribution in [0, 0.1) is 0 Å². The van der Waals surface area contributed by atoms with E-state index in [1.165, 1.54) is 0 Å². The molecule has 0 saturated heterocycles. The zero-order valence-corrected chi connectivity index (χ0v) is 11.9. The minimum absolute atomic E-state index is 0.279. The summed E-state index contributed by atoms with van der Waals surface area (Å²) in [7, 11) is 3.20. The predicted molar refractivity (Wildman–Crippen MR) is 78.5 cm³/mol. The van der Waals surface area contributed by atoms with E-state index in [0.717, 1.165) is 16.3 Å². The van der Waals surface area contributed by atoms with E-state index in [1.807, 2.05) is 30.3 Å². The van der Waals surface area contributed by atoms with Gasteiger partial charge in [0.05, 0.1) is 0 Å². The zero-order chi connectivity index (χ0) is 13.9. The highest BCUT2D eigenvalue weighted by Crippen LogP contribution is 2.28. The largest absolute Gasteiger partial charge is 0.352 e. The van der Waals surface area contributed by atoms with E-state index in [9.17, 15) is 0 Å². The Morgan fingerprint density at radius 1 is 1.16 bits per heavy atom. The fraction of sp³-hybridized carbons (Fsp3) is 0.333. The lowest BCUT2D eigenvalue weighted by Gasteiger charge is -2.30. The smallest absolute Gasteiger partial charge is 0.183 e. The summed E-state index contributed by atoms with van der Waals surface area (Å²) in [5.74, 6) is -0.812. The molecule has 0 aliphatic heterocycles. The maximum atomic E-state index is 6.17. The summed E-state index contributed by atoms with van der Waals surface area (Å²) >= 11 is 6.17. The molecule has 0 fully saturated rings. The molecule has 0 radical (unpaired) electrons. The molecule has 0 spiro atoms. The third-order valence-corrected chi connectivity index (χ3v) is 3.65. The van der Waals surface area contributed by atoms with Crippen molar-refractivity contribution >= 4 is 22.4 Å². The van der Waals surface area contributed by atoms with Gasteiger partial charge in [-0.05, 0) is 28.5 Å². The van der Waals surface area contributed by atoms with Crippen LogP contribution in [-0.4, -0.2) is 26.6 Å². The van der Waals surface area contributed by atoms with Gasteiger partial charge in [-0.25, -0.2) is 0 Å². The van der Waals surface area contributed by atoms with E-state index in [0.29, 0.717) is 11.4 Å². The van der Waals surface area contributed by atoms with Crippen LogP contribution in [0.3, 0.4) is 0 Å². The van der Waals surface area contributed by atoms with E-state index in [-0.39, 0.29) is 6.54 Å². The average molecular weight is 280 g/mol. The van der Waals surface area contributed by atoms with Gasteiger partial charge in [-0.15, -0.1) is 0 Å². The van der Waals surface area contributed by atoms with Crippen LogP contribution < -0.4 is 5.73 Å². The molecular weight excluding hydrogens is 262 g/mol. The molecule has 102 valence electrons. The Balaban J connectivity index is 2.50. The van der Waals surface area contributed by atoms with Gasteiger partial charge in [0, 0.05) is 32.2 Å². The summed E-state index contributed by atoms with van der Waals surface area (Å²) in [6.07, 6.45) is 0.553. The van der Waals surface area contributed by atoms with Gasteiger partial charge < -0.3 is 15.2 Å². The van der Waals surface area contributed by atoms with Crippen molar-refractivity contribution in [2.75, 3.05) is 20.8 Å². The third-order valence-electron chi connectivity index (χ3n) is 3.43. The molecule has 3 nitrogen and oxygen atoms in total. The highest BCUT2D eigenvalue weighted by atomic mass is 35.5. The molecule has 4 heteroatoms. The molecule has 2 N–H and O–H groups in total. The van der Waals surface area contributed by atoms with E-state index in [1.54, 1.807) is 14.2 Å². The molecule has 0 amide bonds. The van der Waals surface area contributed by atoms with Gasteiger partial charge in [0.15, 0.2) is 5.79 Å². The van der Waals surface area contributed by atoms with Crippen molar-refractivity contribution in [2.24, 2.45) is 5.73 Å². The second-order valence-electron chi connectivity index (χ2n) is 4.49. The second kappa shape index (κ2) is 5.88. The maximum Gasteiger partial charge on any atom is 0.183 e.